The summed E-state index contributed by atoms with van der Waals surface area (Å²) in [6.07, 6.45) is 0.899. The number of aryl methyl sites for hydroxylation is 1. The van der Waals surface area contributed by atoms with Gasteiger partial charge in [-0.2, -0.15) is 0 Å². The average molecular weight is 253 g/mol. The summed E-state index contributed by atoms with van der Waals surface area (Å²) in [5.74, 6) is 1.68. The molecule has 0 aliphatic heterocycles. The van der Waals surface area contributed by atoms with Gasteiger partial charge in [-0.15, -0.1) is 0 Å². The first-order valence-electron chi connectivity index (χ1n) is 6.47. The molecule has 1 atom stereocenters. The van der Waals surface area contributed by atoms with Crippen molar-refractivity contribution in [1.29, 1.82) is 0 Å². The molecule has 0 radical (unpaired) electrons. The summed E-state index contributed by atoms with van der Waals surface area (Å²) in [6.45, 7) is 5.46. The molecule has 0 bridgehead atoms. The minimum atomic E-state index is -0.463. The van der Waals surface area contributed by atoms with Gasteiger partial charge in [-0.3, -0.25) is 0 Å². The molecule has 1 unspecified atom stereocenters. The van der Waals surface area contributed by atoms with E-state index in [9.17, 15) is 5.11 Å². The van der Waals surface area contributed by atoms with E-state index >= 15 is 0 Å². The van der Waals surface area contributed by atoms with E-state index in [1.807, 2.05) is 32.0 Å². The van der Waals surface area contributed by atoms with Gasteiger partial charge >= 0.3 is 0 Å². The summed E-state index contributed by atoms with van der Waals surface area (Å²) in [5.41, 5.74) is 6.46. The summed E-state index contributed by atoms with van der Waals surface area (Å²) in [5, 5.41) is 9.52. The van der Waals surface area contributed by atoms with Gasteiger partial charge in [0.15, 0.2) is 0 Å². The smallest absolute Gasteiger partial charge is 0.122 e. The van der Waals surface area contributed by atoms with Crippen LogP contribution < -0.4 is 15.2 Å². The minimum absolute atomic E-state index is 0.287. The minimum Gasteiger partial charge on any atom is -0.494 e. The van der Waals surface area contributed by atoms with Crippen molar-refractivity contribution < 1.29 is 14.6 Å². The van der Waals surface area contributed by atoms with E-state index in [0.717, 1.165) is 23.5 Å². The Morgan fingerprint density at radius 3 is 2.56 bits per heavy atom. The van der Waals surface area contributed by atoms with Crippen LogP contribution in [0.5, 0.6) is 11.5 Å². The van der Waals surface area contributed by atoms with E-state index in [-0.39, 0.29) is 6.54 Å². The Bertz CT molecular complexity index is 355. The van der Waals surface area contributed by atoms with Crippen molar-refractivity contribution in [2.24, 2.45) is 5.73 Å². The third-order valence-corrected chi connectivity index (χ3v) is 2.66. The van der Waals surface area contributed by atoms with Crippen LogP contribution in [0.2, 0.25) is 0 Å². The fraction of sp³-hybridized carbons (Fsp3) is 0.571. The maximum atomic E-state index is 9.52. The number of ether oxygens (including phenoxy) is 2. The topological polar surface area (TPSA) is 64.7 Å². The molecule has 1 aromatic carbocycles. The Morgan fingerprint density at radius 1 is 1.22 bits per heavy atom. The average Bonchev–Trinajstić information content (AvgIpc) is 2.39. The molecular weight excluding hydrogens is 230 g/mol. The van der Waals surface area contributed by atoms with Crippen LogP contribution in [0.15, 0.2) is 18.2 Å². The number of hydrogen-bond donors (Lipinski definition) is 2. The predicted octanol–water partition coefficient (Wildman–Crippen LogP) is 1.74. The van der Waals surface area contributed by atoms with Gasteiger partial charge in [0.25, 0.3) is 0 Å². The molecule has 4 heteroatoms. The van der Waals surface area contributed by atoms with E-state index in [0.29, 0.717) is 19.6 Å². The van der Waals surface area contributed by atoms with Gasteiger partial charge in [0.05, 0.1) is 19.3 Å². The lowest BCUT2D eigenvalue weighted by Crippen LogP contribution is -2.20. The third-order valence-electron chi connectivity index (χ3n) is 2.66. The standard InChI is InChI=1S/C14H23NO3/c1-3-17-13-7-8-14(18-4-2)11(9-13)5-6-12(16)10-15/h7-9,12,16H,3-6,10,15H2,1-2H3. The van der Waals surface area contributed by atoms with Crippen LogP contribution in [0.4, 0.5) is 0 Å². The maximum Gasteiger partial charge on any atom is 0.122 e. The lowest BCUT2D eigenvalue weighted by atomic mass is 10.1. The Labute approximate surface area is 109 Å². The summed E-state index contributed by atoms with van der Waals surface area (Å²) >= 11 is 0. The normalized spacial score (nSPS) is 12.2. The molecule has 102 valence electrons. The van der Waals surface area contributed by atoms with Crippen LogP contribution >= 0.6 is 0 Å². The first-order valence-corrected chi connectivity index (χ1v) is 6.47. The first kappa shape index (κ1) is 14.8. The van der Waals surface area contributed by atoms with Crippen molar-refractivity contribution in [2.45, 2.75) is 32.8 Å². The molecule has 0 saturated heterocycles. The van der Waals surface area contributed by atoms with E-state index < -0.39 is 6.10 Å². The highest BCUT2D eigenvalue weighted by molar-refractivity contribution is 5.40. The summed E-state index contributed by atoms with van der Waals surface area (Å²) in [7, 11) is 0. The first-order chi connectivity index (χ1) is 8.71. The number of rotatable bonds is 8. The lowest BCUT2D eigenvalue weighted by molar-refractivity contribution is 0.172. The second-order valence-corrected chi connectivity index (χ2v) is 4.06. The van der Waals surface area contributed by atoms with Crippen LogP contribution in [0.3, 0.4) is 0 Å². The van der Waals surface area contributed by atoms with Crippen LogP contribution in [-0.2, 0) is 6.42 Å². The predicted molar refractivity (Wildman–Crippen MR) is 72.2 cm³/mol. The highest BCUT2D eigenvalue weighted by Gasteiger charge is 2.08. The molecule has 0 spiro atoms. The molecule has 0 fully saturated rings. The molecule has 0 saturated carbocycles. The fourth-order valence-corrected chi connectivity index (χ4v) is 1.74. The molecular formula is C14H23NO3. The Hall–Kier alpha value is -1.26. The van der Waals surface area contributed by atoms with Crippen LogP contribution in [0.1, 0.15) is 25.8 Å². The van der Waals surface area contributed by atoms with Gasteiger partial charge in [-0.05, 0) is 50.5 Å². The van der Waals surface area contributed by atoms with Gasteiger partial charge in [0, 0.05) is 6.54 Å². The summed E-state index contributed by atoms with van der Waals surface area (Å²) < 4.78 is 11.0. The van der Waals surface area contributed by atoms with Gasteiger partial charge in [-0.1, -0.05) is 0 Å². The maximum absolute atomic E-state index is 9.52. The lowest BCUT2D eigenvalue weighted by Gasteiger charge is -2.14. The number of aliphatic hydroxyl groups is 1. The summed E-state index contributed by atoms with van der Waals surface area (Å²) in [6, 6.07) is 5.79. The zero-order chi connectivity index (χ0) is 13.4. The molecule has 0 heterocycles. The van der Waals surface area contributed by atoms with Crippen LogP contribution in [0.25, 0.3) is 0 Å². The molecule has 0 aliphatic rings. The molecule has 0 amide bonds. The van der Waals surface area contributed by atoms with E-state index in [1.54, 1.807) is 0 Å². The number of nitrogens with two attached hydrogens (primary N) is 1. The Balaban J connectivity index is 2.78. The van der Waals surface area contributed by atoms with Gasteiger partial charge in [-0.25, -0.2) is 0 Å². The quantitative estimate of drug-likeness (QED) is 0.740. The molecule has 1 rings (SSSR count). The zero-order valence-electron chi connectivity index (χ0n) is 11.2. The second-order valence-electron chi connectivity index (χ2n) is 4.06. The van der Waals surface area contributed by atoms with Crippen molar-refractivity contribution in [3.8, 4) is 11.5 Å². The Kier molecular flexibility index (Phi) is 6.54. The fourth-order valence-electron chi connectivity index (χ4n) is 1.74. The molecule has 0 aromatic heterocycles. The van der Waals surface area contributed by atoms with E-state index in [2.05, 4.69) is 0 Å². The molecule has 18 heavy (non-hydrogen) atoms. The van der Waals surface area contributed by atoms with Crippen molar-refractivity contribution in [2.75, 3.05) is 19.8 Å². The van der Waals surface area contributed by atoms with Crippen molar-refractivity contribution in [1.82, 2.24) is 0 Å². The van der Waals surface area contributed by atoms with Crippen molar-refractivity contribution in [3.05, 3.63) is 23.8 Å². The number of hydrogen-bond acceptors (Lipinski definition) is 4. The highest BCUT2D eigenvalue weighted by atomic mass is 16.5. The van der Waals surface area contributed by atoms with E-state index in [4.69, 9.17) is 15.2 Å². The number of aliphatic hydroxyl groups excluding tert-OH is 1. The number of benzene rings is 1. The monoisotopic (exact) mass is 253 g/mol. The van der Waals surface area contributed by atoms with Crippen molar-refractivity contribution >= 4 is 0 Å². The van der Waals surface area contributed by atoms with Gasteiger partial charge < -0.3 is 20.3 Å². The van der Waals surface area contributed by atoms with E-state index in [1.165, 1.54) is 0 Å². The molecule has 0 aliphatic carbocycles. The molecule has 1 aromatic rings. The Morgan fingerprint density at radius 2 is 1.94 bits per heavy atom. The second kappa shape index (κ2) is 7.95. The zero-order valence-corrected chi connectivity index (χ0v) is 11.2. The largest absolute Gasteiger partial charge is 0.494 e. The SMILES string of the molecule is CCOc1ccc(OCC)c(CCC(O)CN)c1. The highest BCUT2D eigenvalue weighted by Crippen LogP contribution is 2.26. The van der Waals surface area contributed by atoms with Crippen LogP contribution in [-0.4, -0.2) is 31.0 Å². The van der Waals surface area contributed by atoms with Crippen LogP contribution in [0, 0.1) is 0 Å². The van der Waals surface area contributed by atoms with Gasteiger partial charge in [0.2, 0.25) is 0 Å². The van der Waals surface area contributed by atoms with Crippen molar-refractivity contribution in [3.63, 3.8) is 0 Å². The van der Waals surface area contributed by atoms with Gasteiger partial charge in [0.1, 0.15) is 11.5 Å². The molecule has 4 nitrogen and oxygen atoms in total. The molecule has 3 N–H and O–H groups in total. The summed E-state index contributed by atoms with van der Waals surface area (Å²) in [4.78, 5) is 0. The third kappa shape index (κ3) is 4.55.